The van der Waals surface area contributed by atoms with Crippen LogP contribution in [0.2, 0.25) is 0 Å². The fraction of sp³-hybridized carbons (Fsp3) is 0.111. The van der Waals surface area contributed by atoms with Gasteiger partial charge in [0.2, 0.25) is 0 Å². The number of rotatable bonds is 6. The highest BCUT2D eigenvalue weighted by Gasteiger charge is 2.06. The van der Waals surface area contributed by atoms with Gasteiger partial charge in [-0.2, -0.15) is 0 Å². The molecule has 0 saturated heterocycles. The fourth-order valence-electron chi connectivity index (χ4n) is 2.06. The summed E-state index contributed by atoms with van der Waals surface area (Å²) in [5.41, 5.74) is 7.25. The number of nitrogens with zero attached hydrogens (tertiary/aromatic N) is 3. The number of hydrogen-bond donors (Lipinski definition) is 3. The van der Waals surface area contributed by atoms with E-state index in [2.05, 4.69) is 35.6 Å². The molecule has 0 bridgehead atoms. The first kappa shape index (κ1) is 20.1. The lowest BCUT2D eigenvalue weighted by Crippen LogP contribution is -2.17. The van der Waals surface area contributed by atoms with E-state index in [0.29, 0.717) is 12.2 Å². The van der Waals surface area contributed by atoms with Gasteiger partial charge in [0.15, 0.2) is 5.82 Å². The van der Waals surface area contributed by atoms with E-state index < -0.39 is 5.97 Å². The van der Waals surface area contributed by atoms with Crippen LogP contribution < -0.4 is 5.73 Å². The number of aromatic nitrogens is 2. The molecule has 1 heterocycles. The number of aliphatic imine (C=N–C) groups is 1. The second-order valence-electron chi connectivity index (χ2n) is 5.33. The molecule has 0 saturated carbocycles. The minimum Gasteiger partial charge on any atom is -0.464 e. The van der Waals surface area contributed by atoms with E-state index >= 15 is 0 Å². The molecule has 0 aliphatic heterocycles. The quantitative estimate of drug-likeness (QED) is 0.368. The van der Waals surface area contributed by atoms with Gasteiger partial charge in [-0.3, -0.25) is 10.8 Å². The van der Waals surface area contributed by atoms with E-state index in [0.717, 1.165) is 21.7 Å². The van der Waals surface area contributed by atoms with Gasteiger partial charge in [0.25, 0.3) is 0 Å². The highest BCUT2D eigenvalue weighted by Crippen LogP contribution is 2.17. The predicted molar refractivity (Wildman–Crippen MR) is 107 cm³/mol. The molecule has 0 radical (unpaired) electrons. The number of ether oxygens (including phenoxy) is 1. The lowest BCUT2D eigenvalue weighted by Gasteiger charge is -2.05. The van der Waals surface area contributed by atoms with Crippen LogP contribution in [-0.2, 0) is 16.0 Å². The van der Waals surface area contributed by atoms with Crippen molar-refractivity contribution in [1.29, 1.82) is 10.8 Å². The Labute approximate surface area is 164 Å². The smallest absolute Gasteiger partial charge is 0.355 e. The van der Waals surface area contributed by atoms with Crippen LogP contribution in [-0.4, -0.2) is 40.4 Å². The number of halogens is 1. The molecule has 0 amide bonds. The largest absolute Gasteiger partial charge is 0.464 e. The summed E-state index contributed by atoms with van der Waals surface area (Å²) in [4.78, 5) is 23.6. The number of esters is 1. The third-order valence-corrected chi connectivity index (χ3v) is 3.68. The van der Waals surface area contributed by atoms with Crippen molar-refractivity contribution < 1.29 is 9.53 Å². The van der Waals surface area contributed by atoms with Crippen LogP contribution >= 0.6 is 15.9 Å². The predicted octanol–water partition coefficient (Wildman–Crippen LogP) is 2.53. The summed E-state index contributed by atoms with van der Waals surface area (Å²) < 4.78 is 5.20. The normalized spacial score (nSPS) is 11.4. The van der Waals surface area contributed by atoms with Gasteiger partial charge in [0.1, 0.15) is 17.4 Å². The first-order chi connectivity index (χ1) is 12.9. The molecule has 0 spiro atoms. The van der Waals surface area contributed by atoms with Crippen molar-refractivity contribution in [2.45, 2.75) is 6.42 Å². The Morgan fingerprint density at radius 3 is 2.67 bits per heavy atom. The maximum atomic E-state index is 11.1. The van der Waals surface area contributed by atoms with Gasteiger partial charge in [0.05, 0.1) is 11.6 Å². The van der Waals surface area contributed by atoms with Crippen LogP contribution in [0.25, 0.3) is 11.4 Å². The zero-order valence-electron chi connectivity index (χ0n) is 14.4. The molecule has 0 fully saturated rings. The zero-order chi connectivity index (χ0) is 19.8. The highest BCUT2D eigenvalue weighted by atomic mass is 79.9. The molecule has 1 aromatic carbocycles. The van der Waals surface area contributed by atoms with Gasteiger partial charge in [-0.1, -0.05) is 18.2 Å². The summed E-state index contributed by atoms with van der Waals surface area (Å²) in [6.45, 7) is 0. The number of nitrogens with two attached hydrogens (primary N) is 1. The third kappa shape index (κ3) is 6.23. The van der Waals surface area contributed by atoms with Crippen molar-refractivity contribution in [2.75, 3.05) is 7.11 Å². The molecule has 0 unspecified atom stereocenters. The number of carbonyl (C=O) groups excluding carboxylic acids is 1. The number of nitrogens with one attached hydrogen (secondary N) is 2. The lowest BCUT2D eigenvalue weighted by atomic mass is 10.1. The minimum absolute atomic E-state index is 0.173. The topological polar surface area (TPSA) is 138 Å². The van der Waals surface area contributed by atoms with Crippen LogP contribution in [0.5, 0.6) is 0 Å². The Hall–Kier alpha value is -3.20. The highest BCUT2D eigenvalue weighted by molar-refractivity contribution is 9.10. The van der Waals surface area contributed by atoms with Gasteiger partial charge in [-0.25, -0.2) is 19.8 Å². The average molecular weight is 429 g/mol. The SMILES string of the molecule is COC(=O)C(=N)/C=C\C(=N)N=C(N)Cc1cccc(-c2ncc(Br)cn2)c1. The Balaban J connectivity index is 2.06. The molecule has 1 aromatic heterocycles. The molecule has 2 aromatic rings. The number of methoxy groups -OCH3 is 1. The van der Waals surface area contributed by atoms with E-state index in [4.69, 9.17) is 16.6 Å². The summed E-state index contributed by atoms with van der Waals surface area (Å²) >= 11 is 3.30. The number of amidine groups is 2. The van der Waals surface area contributed by atoms with Crippen LogP contribution in [0.4, 0.5) is 0 Å². The summed E-state index contributed by atoms with van der Waals surface area (Å²) in [6, 6.07) is 7.55. The molecule has 9 heteroatoms. The molecule has 0 atom stereocenters. The van der Waals surface area contributed by atoms with E-state index in [1.165, 1.54) is 13.2 Å². The second kappa shape index (κ2) is 9.48. The Bertz CT molecular complexity index is 922. The molecule has 0 aliphatic rings. The second-order valence-corrected chi connectivity index (χ2v) is 6.24. The maximum Gasteiger partial charge on any atom is 0.355 e. The minimum atomic E-state index is -0.789. The fourth-order valence-corrected chi connectivity index (χ4v) is 2.27. The van der Waals surface area contributed by atoms with Crippen LogP contribution in [0.3, 0.4) is 0 Å². The van der Waals surface area contributed by atoms with Gasteiger partial charge >= 0.3 is 5.97 Å². The number of hydrogen-bond acceptors (Lipinski definition) is 6. The summed E-state index contributed by atoms with van der Waals surface area (Å²) in [5, 5.41) is 15.2. The molecule has 2 rings (SSSR count). The maximum absolute atomic E-state index is 11.1. The van der Waals surface area contributed by atoms with Gasteiger partial charge in [0, 0.05) is 24.4 Å². The van der Waals surface area contributed by atoms with Gasteiger partial charge in [-0.15, -0.1) is 0 Å². The van der Waals surface area contributed by atoms with Crippen molar-refractivity contribution in [3.05, 3.63) is 58.8 Å². The average Bonchev–Trinajstić information content (AvgIpc) is 2.66. The molecule has 8 nitrogen and oxygen atoms in total. The molecule has 138 valence electrons. The van der Waals surface area contributed by atoms with Crippen molar-refractivity contribution in [3.8, 4) is 11.4 Å². The summed E-state index contributed by atoms with van der Waals surface area (Å²) in [6.07, 6.45) is 6.01. The molecule has 4 N–H and O–H groups in total. The van der Waals surface area contributed by atoms with E-state index in [9.17, 15) is 4.79 Å². The van der Waals surface area contributed by atoms with Crippen molar-refractivity contribution in [1.82, 2.24) is 9.97 Å². The first-order valence-corrected chi connectivity index (χ1v) is 8.51. The van der Waals surface area contributed by atoms with Crippen LogP contribution in [0, 0.1) is 10.8 Å². The Morgan fingerprint density at radius 1 is 1.30 bits per heavy atom. The zero-order valence-corrected chi connectivity index (χ0v) is 16.0. The third-order valence-electron chi connectivity index (χ3n) is 3.27. The monoisotopic (exact) mass is 428 g/mol. The summed E-state index contributed by atoms with van der Waals surface area (Å²) in [7, 11) is 1.18. The first-order valence-electron chi connectivity index (χ1n) is 7.72. The Morgan fingerprint density at radius 2 is 2.00 bits per heavy atom. The number of carbonyl (C=O) groups is 1. The standard InChI is InChI=1S/C18H17BrN6O2/c1-27-18(26)14(20)5-6-15(21)25-16(22)8-11-3-2-4-12(7-11)17-23-9-13(19)10-24-17/h2-7,9-10,20H,8H2,1H3,(H3,21,22,25)/b6-5-,20-14?. The number of benzene rings is 1. The molecular weight excluding hydrogens is 412 g/mol. The van der Waals surface area contributed by atoms with Crippen molar-refractivity contribution in [2.24, 2.45) is 10.7 Å². The molecular formula is C18H17BrN6O2. The molecule has 27 heavy (non-hydrogen) atoms. The van der Waals surface area contributed by atoms with E-state index in [-0.39, 0.29) is 17.4 Å². The van der Waals surface area contributed by atoms with E-state index in [1.54, 1.807) is 12.4 Å². The van der Waals surface area contributed by atoms with Crippen molar-refractivity contribution >= 4 is 39.3 Å². The van der Waals surface area contributed by atoms with Crippen LogP contribution in [0.1, 0.15) is 5.56 Å². The van der Waals surface area contributed by atoms with Gasteiger partial charge < -0.3 is 10.5 Å². The van der Waals surface area contributed by atoms with Crippen molar-refractivity contribution in [3.63, 3.8) is 0 Å². The Kier molecular flexibility index (Phi) is 7.07. The van der Waals surface area contributed by atoms with Gasteiger partial charge in [-0.05, 0) is 39.7 Å². The summed E-state index contributed by atoms with van der Waals surface area (Å²) in [5.74, 6) is -0.146. The molecule has 0 aliphatic carbocycles. The van der Waals surface area contributed by atoms with Crippen LogP contribution in [0.15, 0.2) is 58.3 Å². The van der Waals surface area contributed by atoms with E-state index in [1.807, 2.05) is 24.3 Å². The lowest BCUT2D eigenvalue weighted by molar-refractivity contribution is -0.132.